The second-order valence-electron chi connectivity index (χ2n) is 17.5. The topological polar surface area (TPSA) is 162 Å². The van der Waals surface area contributed by atoms with Crippen LogP contribution in [0.25, 0.3) is 11.1 Å². The predicted molar refractivity (Wildman–Crippen MR) is 242 cm³/mol. The van der Waals surface area contributed by atoms with Crippen molar-refractivity contribution < 1.29 is 38.8 Å². The highest BCUT2D eigenvalue weighted by Crippen LogP contribution is 2.42. The summed E-state index contributed by atoms with van der Waals surface area (Å²) in [5.41, 5.74) is 5.96. The van der Waals surface area contributed by atoms with Crippen LogP contribution in [0.3, 0.4) is 0 Å². The van der Waals surface area contributed by atoms with Crippen molar-refractivity contribution in [1.82, 2.24) is 15.1 Å². The van der Waals surface area contributed by atoms with E-state index in [0.29, 0.717) is 50.1 Å². The third kappa shape index (κ3) is 11.6. The third-order valence-electron chi connectivity index (χ3n) is 13.1. The maximum absolute atomic E-state index is 13.5. The normalized spacial score (nSPS) is 20.1. The molecule has 13 heteroatoms. The van der Waals surface area contributed by atoms with E-state index in [0.717, 1.165) is 87.8 Å². The van der Waals surface area contributed by atoms with E-state index in [2.05, 4.69) is 45.1 Å². The van der Waals surface area contributed by atoms with Gasteiger partial charge in [0.25, 0.3) is 5.91 Å². The molecule has 3 fully saturated rings. The largest absolute Gasteiger partial charge is 0.506 e. The maximum Gasteiger partial charge on any atom is 0.411 e. The number of hydrogen-bond acceptors (Lipinski definition) is 10. The molecule has 0 bridgehead atoms. The molecule has 3 amide bonds. The van der Waals surface area contributed by atoms with Gasteiger partial charge in [0, 0.05) is 56.4 Å². The van der Waals surface area contributed by atoms with Crippen molar-refractivity contribution in [2.45, 2.75) is 76.0 Å². The van der Waals surface area contributed by atoms with Crippen molar-refractivity contribution in [3.8, 4) is 22.6 Å². The molecular formula is C50H61N5O8. The Morgan fingerprint density at radius 1 is 0.905 bits per heavy atom. The van der Waals surface area contributed by atoms with E-state index in [1.165, 1.54) is 17.2 Å². The standard InChI is InChI=1S/C50H61N5O8/c56-44-18-17-42(49-48(44)53-46(58)33-62-49)45(57)30-51-22-24-55(39-13-4-5-14-39)47(59)21-26-61-25-20-35-10-8-9-34(27-35)19-23-54-31-37-28-40(29-38(37)32-54)63-50(60)52-43-16-7-6-15-41(43)36-11-2-1-3-12-36/h1-3,6-12,15-18,27,37-40,45,51,56-57H,4-5,13-14,19-26,28-33H2,(H,52,60)(H,53,58)/t37-,38?,40?,45-/m0/s1. The summed E-state index contributed by atoms with van der Waals surface area (Å²) < 4.78 is 17.5. The fourth-order valence-corrected chi connectivity index (χ4v) is 9.91. The lowest BCUT2D eigenvalue weighted by Crippen LogP contribution is -2.43. The quantitative estimate of drug-likeness (QED) is 0.0494. The van der Waals surface area contributed by atoms with Gasteiger partial charge in [0.05, 0.1) is 31.4 Å². The van der Waals surface area contributed by atoms with E-state index in [4.69, 9.17) is 14.2 Å². The van der Waals surface area contributed by atoms with Gasteiger partial charge in [-0.2, -0.15) is 0 Å². The molecule has 4 aromatic carbocycles. The highest BCUT2D eigenvalue weighted by atomic mass is 16.6. The SMILES string of the molecule is O=C1COc2c([C@@H](O)CNCCN(C(=O)CCOCCc3cccc(CCN4CC5CC(OC(=O)Nc6ccccc6-c6ccccc6)C[C@H]5C4)c3)C3CCCC3)ccc(O)c2N1. The van der Waals surface area contributed by atoms with Crippen molar-refractivity contribution in [1.29, 1.82) is 0 Å². The van der Waals surface area contributed by atoms with Crippen LogP contribution in [-0.4, -0.2) is 109 Å². The number of fused-ring (bicyclic) bond motifs is 2. The highest BCUT2D eigenvalue weighted by Gasteiger charge is 2.42. The Morgan fingerprint density at radius 2 is 1.65 bits per heavy atom. The zero-order valence-electron chi connectivity index (χ0n) is 36.0. The Hall–Kier alpha value is -5.47. The Kier molecular flexibility index (Phi) is 14.9. The molecule has 13 nitrogen and oxygen atoms in total. The number of phenols is 1. The number of anilines is 2. The predicted octanol–water partition coefficient (Wildman–Crippen LogP) is 6.94. The number of aliphatic hydroxyl groups is 1. The number of aromatic hydroxyl groups is 1. The molecule has 2 saturated carbocycles. The number of likely N-dealkylation sites (tertiary alicyclic amines) is 1. The molecule has 5 N–H and O–H groups in total. The smallest absolute Gasteiger partial charge is 0.411 e. The lowest BCUT2D eigenvalue weighted by Gasteiger charge is -2.29. The van der Waals surface area contributed by atoms with Crippen LogP contribution in [0.5, 0.6) is 11.5 Å². The fraction of sp³-hybridized carbons (Fsp3) is 0.460. The fourth-order valence-electron chi connectivity index (χ4n) is 9.91. The summed E-state index contributed by atoms with van der Waals surface area (Å²) in [6.45, 7) is 5.06. The van der Waals surface area contributed by atoms with E-state index in [9.17, 15) is 24.6 Å². The Morgan fingerprint density at radius 3 is 2.44 bits per heavy atom. The van der Waals surface area contributed by atoms with Crippen LogP contribution in [0.1, 0.15) is 67.7 Å². The third-order valence-corrected chi connectivity index (χ3v) is 13.1. The first-order valence-electron chi connectivity index (χ1n) is 22.7. The molecule has 4 aliphatic rings. The molecule has 2 aliphatic heterocycles. The number of benzene rings is 4. The van der Waals surface area contributed by atoms with Gasteiger partial charge in [-0.3, -0.25) is 14.9 Å². The summed E-state index contributed by atoms with van der Waals surface area (Å²) in [7, 11) is 0. The van der Waals surface area contributed by atoms with Crippen LogP contribution in [-0.2, 0) is 31.9 Å². The minimum atomic E-state index is -0.932. The zero-order valence-corrected chi connectivity index (χ0v) is 36.0. The number of rotatable bonds is 19. The van der Waals surface area contributed by atoms with Gasteiger partial charge in [-0.25, -0.2) is 4.79 Å². The first-order valence-corrected chi connectivity index (χ1v) is 22.7. The summed E-state index contributed by atoms with van der Waals surface area (Å²) in [6, 6.07) is 29.8. The highest BCUT2D eigenvalue weighted by molar-refractivity contribution is 5.97. The lowest BCUT2D eigenvalue weighted by atomic mass is 10.0. The van der Waals surface area contributed by atoms with Gasteiger partial charge in [0.15, 0.2) is 12.4 Å². The van der Waals surface area contributed by atoms with Crippen molar-refractivity contribution >= 4 is 29.3 Å². The van der Waals surface area contributed by atoms with Crippen LogP contribution in [0, 0.1) is 11.8 Å². The number of ether oxygens (including phenoxy) is 3. The summed E-state index contributed by atoms with van der Waals surface area (Å²) in [4.78, 5) is 42.7. The van der Waals surface area contributed by atoms with Gasteiger partial charge in [-0.15, -0.1) is 0 Å². The second-order valence-corrected chi connectivity index (χ2v) is 17.5. The van der Waals surface area contributed by atoms with E-state index >= 15 is 0 Å². The average molecular weight is 860 g/mol. The van der Waals surface area contributed by atoms with Crippen molar-refractivity contribution in [3.63, 3.8) is 0 Å². The summed E-state index contributed by atoms with van der Waals surface area (Å²) >= 11 is 0. The lowest BCUT2D eigenvalue weighted by molar-refractivity contribution is -0.134. The summed E-state index contributed by atoms with van der Waals surface area (Å²) in [5, 5.41) is 29.9. The number of para-hydroxylation sites is 1. The summed E-state index contributed by atoms with van der Waals surface area (Å²) in [6.07, 6.45) is 6.73. The van der Waals surface area contributed by atoms with Crippen molar-refractivity contribution in [3.05, 3.63) is 108 Å². The molecule has 8 rings (SSSR count). The molecule has 4 atom stereocenters. The number of nitrogens with one attached hydrogen (secondary N) is 3. The van der Waals surface area contributed by atoms with E-state index in [1.54, 1.807) is 6.07 Å². The molecule has 2 aliphatic carbocycles. The number of phenolic OH excluding ortho intramolecular Hbond substituents is 1. The average Bonchev–Trinajstić information content (AvgIpc) is 4.05. The van der Waals surface area contributed by atoms with Crippen LogP contribution in [0.15, 0.2) is 91.0 Å². The molecule has 63 heavy (non-hydrogen) atoms. The maximum atomic E-state index is 13.5. The van der Waals surface area contributed by atoms with Gasteiger partial charge >= 0.3 is 6.09 Å². The van der Waals surface area contributed by atoms with Crippen LogP contribution in [0.2, 0.25) is 0 Å². The molecule has 0 spiro atoms. The molecule has 0 aromatic heterocycles. The molecule has 1 saturated heterocycles. The number of nitrogens with zero attached hydrogens (tertiary/aromatic N) is 2. The van der Waals surface area contributed by atoms with Crippen LogP contribution >= 0.6 is 0 Å². The van der Waals surface area contributed by atoms with Crippen LogP contribution in [0.4, 0.5) is 16.2 Å². The zero-order chi connectivity index (χ0) is 43.5. The first kappa shape index (κ1) is 44.1. The van der Waals surface area contributed by atoms with Gasteiger partial charge in [-0.1, -0.05) is 85.6 Å². The molecule has 2 unspecified atom stereocenters. The molecule has 334 valence electrons. The van der Waals surface area contributed by atoms with Gasteiger partial charge < -0.3 is 44.9 Å². The van der Waals surface area contributed by atoms with Crippen LogP contribution < -0.4 is 20.7 Å². The Balaban J connectivity index is 0.714. The second kappa shape index (κ2) is 21.3. The monoisotopic (exact) mass is 859 g/mol. The molecule has 4 aromatic rings. The first-order chi connectivity index (χ1) is 30.8. The number of amides is 3. The number of carbonyl (C=O) groups excluding carboxylic acids is 3. The van der Waals surface area contributed by atoms with E-state index in [1.807, 2.05) is 59.5 Å². The number of hydrogen-bond donors (Lipinski definition) is 5. The molecular weight excluding hydrogens is 799 g/mol. The Bertz CT molecular complexity index is 2170. The minimum absolute atomic E-state index is 0.0570. The van der Waals surface area contributed by atoms with Crippen molar-refractivity contribution in [2.24, 2.45) is 11.8 Å². The van der Waals surface area contributed by atoms with E-state index in [-0.39, 0.29) is 60.4 Å². The molecule has 0 radical (unpaired) electrons. The van der Waals surface area contributed by atoms with Gasteiger partial charge in [-0.05, 0) is 85.3 Å². The van der Waals surface area contributed by atoms with E-state index < -0.39 is 6.10 Å². The molecule has 2 heterocycles. The van der Waals surface area contributed by atoms with Crippen molar-refractivity contribution in [2.75, 3.05) is 69.7 Å². The van der Waals surface area contributed by atoms with Gasteiger partial charge in [0.2, 0.25) is 5.91 Å². The minimum Gasteiger partial charge on any atom is -0.506 e. The summed E-state index contributed by atoms with van der Waals surface area (Å²) in [5.74, 6) is 0.965. The van der Waals surface area contributed by atoms with Gasteiger partial charge in [0.1, 0.15) is 17.5 Å². The number of carbonyl (C=O) groups is 3. The Labute approximate surface area is 370 Å². The number of aliphatic hydroxyl groups excluding tert-OH is 1.